The van der Waals surface area contributed by atoms with Gasteiger partial charge in [0, 0.05) is 37.5 Å². The van der Waals surface area contributed by atoms with Crippen LogP contribution in [-0.4, -0.2) is 65.0 Å². The molecule has 0 atom stereocenters. The van der Waals surface area contributed by atoms with E-state index in [1.54, 1.807) is 23.2 Å². The molecule has 1 saturated heterocycles. The maximum absolute atomic E-state index is 12.6. The SMILES string of the molecule is CN1CCCN(C(=O)c2ncccc2/C=C/C(=O)O)CC1. The second kappa shape index (κ2) is 6.99. The van der Waals surface area contributed by atoms with Gasteiger partial charge in [-0.1, -0.05) is 6.07 Å². The lowest BCUT2D eigenvalue weighted by Crippen LogP contribution is -2.35. The van der Waals surface area contributed by atoms with Gasteiger partial charge in [-0.2, -0.15) is 0 Å². The third-order valence-electron chi connectivity index (χ3n) is 3.45. The summed E-state index contributed by atoms with van der Waals surface area (Å²) >= 11 is 0. The molecule has 0 aliphatic carbocycles. The molecular formula is C15H19N3O3. The molecule has 0 radical (unpaired) electrons. The molecule has 1 aliphatic heterocycles. The number of carbonyl (C=O) groups excluding carboxylic acids is 1. The summed E-state index contributed by atoms with van der Waals surface area (Å²) in [5.74, 6) is -1.19. The van der Waals surface area contributed by atoms with Crippen LogP contribution in [0.5, 0.6) is 0 Å². The van der Waals surface area contributed by atoms with Crippen LogP contribution in [0.15, 0.2) is 24.4 Å². The fraction of sp³-hybridized carbons (Fsp3) is 0.400. The van der Waals surface area contributed by atoms with Crippen LogP contribution in [0.25, 0.3) is 6.08 Å². The van der Waals surface area contributed by atoms with Crippen LogP contribution in [0.3, 0.4) is 0 Å². The van der Waals surface area contributed by atoms with E-state index in [9.17, 15) is 9.59 Å². The number of hydrogen-bond donors (Lipinski definition) is 1. The maximum Gasteiger partial charge on any atom is 0.328 e. The number of carboxylic acids is 1. The predicted octanol–water partition coefficient (Wildman–Crippen LogP) is 0.957. The lowest BCUT2D eigenvalue weighted by atomic mass is 10.1. The van der Waals surface area contributed by atoms with E-state index in [0.29, 0.717) is 24.3 Å². The molecule has 0 spiro atoms. The Morgan fingerprint density at radius 1 is 1.29 bits per heavy atom. The Morgan fingerprint density at radius 3 is 2.86 bits per heavy atom. The van der Waals surface area contributed by atoms with Crippen LogP contribution >= 0.6 is 0 Å². The van der Waals surface area contributed by atoms with E-state index in [4.69, 9.17) is 5.11 Å². The average molecular weight is 289 g/mol. The molecule has 0 bridgehead atoms. The van der Waals surface area contributed by atoms with Crippen molar-refractivity contribution in [2.24, 2.45) is 0 Å². The van der Waals surface area contributed by atoms with E-state index in [0.717, 1.165) is 25.6 Å². The molecule has 6 heteroatoms. The number of carboxylic acid groups (broad SMARTS) is 1. The molecule has 1 fully saturated rings. The van der Waals surface area contributed by atoms with Crippen molar-refractivity contribution in [3.05, 3.63) is 35.7 Å². The largest absolute Gasteiger partial charge is 0.478 e. The smallest absolute Gasteiger partial charge is 0.328 e. The van der Waals surface area contributed by atoms with Gasteiger partial charge in [-0.15, -0.1) is 0 Å². The van der Waals surface area contributed by atoms with Crippen molar-refractivity contribution < 1.29 is 14.7 Å². The Labute approximate surface area is 123 Å². The van der Waals surface area contributed by atoms with Crippen molar-refractivity contribution >= 4 is 18.0 Å². The second-order valence-corrected chi connectivity index (χ2v) is 5.06. The zero-order chi connectivity index (χ0) is 15.2. The molecule has 1 amide bonds. The summed E-state index contributed by atoms with van der Waals surface area (Å²) in [5, 5.41) is 8.71. The Kier molecular flexibility index (Phi) is 5.05. The lowest BCUT2D eigenvalue weighted by Gasteiger charge is -2.20. The highest BCUT2D eigenvalue weighted by Crippen LogP contribution is 2.12. The van der Waals surface area contributed by atoms with Crippen LogP contribution < -0.4 is 0 Å². The first-order chi connectivity index (χ1) is 10.1. The maximum atomic E-state index is 12.6. The second-order valence-electron chi connectivity index (χ2n) is 5.06. The van der Waals surface area contributed by atoms with Gasteiger partial charge in [-0.25, -0.2) is 4.79 Å². The first-order valence-electron chi connectivity index (χ1n) is 6.92. The predicted molar refractivity (Wildman–Crippen MR) is 78.9 cm³/mol. The molecule has 0 aromatic carbocycles. The van der Waals surface area contributed by atoms with Gasteiger partial charge in [0.25, 0.3) is 5.91 Å². The summed E-state index contributed by atoms with van der Waals surface area (Å²) in [5.41, 5.74) is 0.835. The molecule has 1 aromatic rings. The summed E-state index contributed by atoms with van der Waals surface area (Å²) < 4.78 is 0. The number of aliphatic carboxylic acids is 1. The van der Waals surface area contributed by atoms with E-state index in [2.05, 4.69) is 9.88 Å². The highest BCUT2D eigenvalue weighted by Gasteiger charge is 2.21. The van der Waals surface area contributed by atoms with E-state index in [1.165, 1.54) is 6.08 Å². The van der Waals surface area contributed by atoms with Gasteiger partial charge in [-0.3, -0.25) is 9.78 Å². The third-order valence-corrected chi connectivity index (χ3v) is 3.45. The van der Waals surface area contributed by atoms with Crippen molar-refractivity contribution in [2.45, 2.75) is 6.42 Å². The fourth-order valence-electron chi connectivity index (χ4n) is 2.29. The summed E-state index contributed by atoms with van der Waals surface area (Å²) in [7, 11) is 2.04. The standard InChI is InChI=1S/C15H19N3O3/c1-17-8-3-9-18(11-10-17)15(21)14-12(4-2-7-16-14)5-6-13(19)20/h2,4-7H,3,8-11H2,1H3,(H,19,20)/b6-5+. The van der Waals surface area contributed by atoms with Crippen molar-refractivity contribution in [1.82, 2.24) is 14.8 Å². The van der Waals surface area contributed by atoms with Crippen molar-refractivity contribution in [2.75, 3.05) is 33.2 Å². The van der Waals surface area contributed by atoms with Gasteiger partial charge in [0.05, 0.1) is 0 Å². The molecule has 1 aliphatic rings. The van der Waals surface area contributed by atoms with Crippen LogP contribution in [0.2, 0.25) is 0 Å². The molecule has 6 nitrogen and oxygen atoms in total. The molecule has 1 aromatic heterocycles. The van der Waals surface area contributed by atoms with Crippen molar-refractivity contribution in [3.63, 3.8) is 0 Å². The van der Waals surface area contributed by atoms with Crippen LogP contribution in [0.4, 0.5) is 0 Å². The topological polar surface area (TPSA) is 73.7 Å². The van der Waals surface area contributed by atoms with Crippen LogP contribution in [-0.2, 0) is 4.79 Å². The molecule has 2 rings (SSSR count). The summed E-state index contributed by atoms with van der Waals surface area (Å²) in [4.78, 5) is 31.3. The Balaban J connectivity index is 2.20. The summed E-state index contributed by atoms with van der Waals surface area (Å²) in [6, 6.07) is 3.39. The van der Waals surface area contributed by atoms with Gasteiger partial charge in [-0.05, 0) is 32.2 Å². The van der Waals surface area contributed by atoms with Crippen molar-refractivity contribution in [3.8, 4) is 0 Å². The molecule has 2 heterocycles. The van der Waals surface area contributed by atoms with Gasteiger partial charge in [0.15, 0.2) is 0 Å². The lowest BCUT2D eigenvalue weighted by molar-refractivity contribution is -0.131. The minimum atomic E-state index is -1.05. The van der Waals surface area contributed by atoms with Crippen LogP contribution in [0.1, 0.15) is 22.5 Å². The normalized spacial score (nSPS) is 16.9. The highest BCUT2D eigenvalue weighted by atomic mass is 16.4. The van der Waals surface area contributed by atoms with Gasteiger partial charge in [0.2, 0.25) is 0 Å². The van der Waals surface area contributed by atoms with E-state index in [1.807, 2.05) is 7.05 Å². The van der Waals surface area contributed by atoms with Gasteiger partial charge < -0.3 is 14.9 Å². The minimum absolute atomic E-state index is 0.143. The van der Waals surface area contributed by atoms with E-state index >= 15 is 0 Å². The number of aromatic nitrogens is 1. The monoisotopic (exact) mass is 289 g/mol. The first-order valence-corrected chi connectivity index (χ1v) is 6.92. The number of pyridine rings is 1. The molecule has 112 valence electrons. The molecule has 0 saturated carbocycles. The number of carbonyl (C=O) groups is 2. The number of likely N-dealkylation sites (N-methyl/N-ethyl adjacent to an activating group) is 1. The summed E-state index contributed by atoms with van der Waals surface area (Å²) in [6.45, 7) is 3.16. The zero-order valence-corrected chi connectivity index (χ0v) is 12.0. The van der Waals surface area contributed by atoms with Crippen LogP contribution in [0, 0.1) is 0 Å². The highest BCUT2D eigenvalue weighted by molar-refractivity contribution is 5.97. The molecule has 0 unspecified atom stereocenters. The Bertz CT molecular complexity index is 557. The first kappa shape index (κ1) is 15.2. The van der Waals surface area contributed by atoms with Gasteiger partial charge in [0.1, 0.15) is 5.69 Å². The number of nitrogens with zero attached hydrogens (tertiary/aromatic N) is 3. The van der Waals surface area contributed by atoms with Gasteiger partial charge >= 0.3 is 5.97 Å². The Hall–Kier alpha value is -2.21. The number of hydrogen-bond acceptors (Lipinski definition) is 4. The number of rotatable bonds is 3. The van der Waals surface area contributed by atoms with Crippen molar-refractivity contribution in [1.29, 1.82) is 0 Å². The zero-order valence-electron chi connectivity index (χ0n) is 12.0. The van der Waals surface area contributed by atoms with E-state index < -0.39 is 5.97 Å². The Morgan fingerprint density at radius 2 is 2.10 bits per heavy atom. The summed E-state index contributed by atoms with van der Waals surface area (Å²) in [6.07, 6.45) is 4.90. The number of amides is 1. The van der Waals surface area contributed by atoms with E-state index in [-0.39, 0.29) is 5.91 Å². The molecule has 21 heavy (non-hydrogen) atoms. The molecular weight excluding hydrogens is 270 g/mol. The third kappa shape index (κ3) is 4.13. The fourth-order valence-corrected chi connectivity index (χ4v) is 2.29. The molecule has 1 N–H and O–H groups in total. The average Bonchev–Trinajstić information content (AvgIpc) is 2.69. The quantitative estimate of drug-likeness (QED) is 0.839. The minimum Gasteiger partial charge on any atom is -0.478 e.